The average Bonchev–Trinajstić information content (AvgIpc) is 2.83. The fraction of sp³-hybridized carbons (Fsp3) is 0.567. The van der Waals surface area contributed by atoms with Gasteiger partial charge in [0.2, 0.25) is 0 Å². The fourth-order valence-corrected chi connectivity index (χ4v) is 3.94. The van der Waals surface area contributed by atoms with Crippen LogP contribution in [0, 0.1) is 0 Å². The summed E-state index contributed by atoms with van der Waals surface area (Å²) < 4.78 is 11.3. The van der Waals surface area contributed by atoms with Crippen LogP contribution < -0.4 is 4.74 Å². The molecule has 2 aromatic carbocycles. The van der Waals surface area contributed by atoms with E-state index in [2.05, 4.69) is 50.2 Å². The number of esters is 1. The molecule has 2 aromatic rings. The highest BCUT2D eigenvalue weighted by atomic mass is 16.6. The molecule has 182 valence electrons. The number of hydrogen-bond donors (Lipinski definition) is 0. The predicted octanol–water partition coefficient (Wildman–Crippen LogP) is 8.54. The summed E-state index contributed by atoms with van der Waals surface area (Å²) in [7, 11) is 0. The van der Waals surface area contributed by atoms with Gasteiger partial charge in [-0.3, -0.25) is 4.79 Å². The quantitative estimate of drug-likeness (QED) is 0.178. The average molecular weight is 453 g/mol. The van der Waals surface area contributed by atoms with Crippen molar-refractivity contribution in [1.29, 1.82) is 0 Å². The van der Waals surface area contributed by atoms with Gasteiger partial charge in [0.25, 0.3) is 0 Å². The molecule has 0 saturated heterocycles. The maximum Gasteiger partial charge on any atom is 0.306 e. The summed E-state index contributed by atoms with van der Waals surface area (Å²) in [5, 5.41) is 0. The minimum atomic E-state index is -0.248. The molecule has 0 radical (unpaired) electrons. The zero-order valence-corrected chi connectivity index (χ0v) is 21.1. The van der Waals surface area contributed by atoms with Crippen LogP contribution in [-0.4, -0.2) is 18.7 Å². The Labute approximate surface area is 201 Å². The zero-order valence-electron chi connectivity index (χ0n) is 21.1. The highest BCUT2D eigenvalue weighted by Gasteiger charge is 2.10. The molecule has 1 atom stereocenters. The van der Waals surface area contributed by atoms with Crippen LogP contribution in [0.25, 0.3) is 11.1 Å². The first-order valence-corrected chi connectivity index (χ1v) is 13.1. The molecule has 33 heavy (non-hydrogen) atoms. The normalized spacial score (nSPS) is 11.8. The standard InChI is InChI=1S/C30H44O3/c1-4-6-8-10-11-12-14-26-16-18-27(19-17-26)28-20-22-29(23-21-28)32-24-25(3)33-30(31)15-13-9-7-5-2/h16-23,25H,4-15,24H2,1-3H3. The molecule has 0 bridgehead atoms. The summed E-state index contributed by atoms with van der Waals surface area (Å²) >= 11 is 0. The Hall–Kier alpha value is -2.29. The van der Waals surface area contributed by atoms with Crippen LogP contribution >= 0.6 is 0 Å². The van der Waals surface area contributed by atoms with Gasteiger partial charge >= 0.3 is 5.97 Å². The monoisotopic (exact) mass is 452 g/mol. The van der Waals surface area contributed by atoms with Crippen LogP contribution in [0.5, 0.6) is 5.75 Å². The summed E-state index contributed by atoms with van der Waals surface area (Å²) in [4.78, 5) is 11.9. The highest BCUT2D eigenvalue weighted by Crippen LogP contribution is 2.23. The van der Waals surface area contributed by atoms with Crippen molar-refractivity contribution in [1.82, 2.24) is 0 Å². The maximum atomic E-state index is 11.9. The van der Waals surface area contributed by atoms with E-state index in [1.165, 1.54) is 74.5 Å². The van der Waals surface area contributed by atoms with Crippen LogP contribution in [0.4, 0.5) is 0 Å². The second-order valence-electron chi connectivity index (χ2n) is 9.16. The number of carbonyl (C=O) groups excluding carboxylic acids is 1. The SMILES string of the molecule is CCCCCCCCc1ccc(-c2ccc(OCC(C)OC(=O)CCCCCC)cc2)cc1. The maximum absolute atomic E-state index is 11.9. The summed E-state index contributed by atoms with van der Waals surface area (Å²) in [6, 6.07) is 17.1. The third-order valence-corrected chi connectivity index (χ3v) is 6.01. The van der Waals surface area contributed by atoms with Crippen molar-refractivity contribution in [2.45, 2.75) is 104 Å². The van der Waals surface area contributed by atoms with Gasteiger partial charge in [-0.05, 0) is 55.0 Å². The van der Waals surface area contributed by atoms with Gasteiger partial charge in [-0.15, -0.1) is 0 Å². The molecule has 0 spiro atoms. The molecule has 3 heteroatoms. The van der Waals surface area contributed by atoms with Crippen LogP contribution in [0.15, 0.2) is 48.5 Å². The first kappa shape index (κ1) is 27.0. The molecule has 0 fully saturated rings. The molecule has 1 unspecified atom stereocenters. The Morgan fingerprint density at radius 3 is 1.91 bits per heavy atom. The van der Waals surface area contributed by atoms with Crippen molar-refractivity contribution in [2.75, 3.05) is 6.61 Å². The lowest BCUT2D eigenvalue weighted by molar-refractivity contribution is -0.149. The van der Waals surface area contributed by atoms with Gasteiger partial charge in [-0.1, -0.05) is 102 Å². The molecule has 0 amide bonds. The van der Waals surface area contributed by atoms with Crippen LogP contribution in [0.1, 0.15) is 97.0 Å². The van der Waals surface area contributed by atoms with Crippen molar-refractivity contribution in [3.8, 4) is 16.9 Å². The third-order valence-electron chi connectivity index (χ3n) is 6.01. The van der Waals surface area contributed by atoms with Gasteiger partial charge in [-0.25, -0.2) is 0 Å². The van der Waals surface area contributed by atoms with E-state index in [0.717, 1.165) is 18.6 Å². The van der Waals surface area contributed by atoms with Crippen molar-refractivity contribution in [3.63, 3.8) is 0 Å². The summed E-state index contributed by atoms with van der Waals surface area (Å²) in [5.41, 5.74) is 3.82. The first-order chi connectivity index (χ1) is 16.1. The second-order valence-corrected chi connectivity index (χ2v) is 9.16. The van der Waals surface area contributed by atoms with E-state index in [0.29, 0.717) is 13.0 Å². The topological polar surface area (TPSA) is 35.5 Å². The number of hydrogen-bond acceptors (Lipinski definition) is 3. The predicted molar refractivity (Wildman–Crippen MR) is 139 cm³/mol. The number of aryl methyl sites for hydroxylation is 1. The Balaban J connectivity index is 1.71. The van der Waals surface area contributed by atoms with Gasteiger partial charge in [0.15, 0.2) is 0 Å². The zero-order chi connectivity index (χ0) is 23.7. The van der Waals surface area contributed by atoms with Crippen LogP contribution in [0.2, 0.25) is 0 Å². The van der Waals surface area contributed by atoms with E-state index < -0.39 is 0 Å². The smallest absolute Gasteiger partial charge is 0.306 e. The first-order valence-electron chi connectivity index (χ1n) is 13.1. The van der Waals surface area contributed by atoms with Gasteiger partial charge < -0.3 is 9.47 Å². The Bertz CT molecular complexity index is 764. The summed E-state index contributed by atoms with van der Waals surface area (Å²) in [5.74, 6) is 0.668. The minimum Gasteiger partial charge on any atom is -0.490 e. The van der Waals surface area contributed by atoms with E-state index in [4.69, 9.17) is 9.47 Å². The molecular weight excluding hydrogens is 408 g/mol. The molecule has 0 aromatic heterocycles. The summed E-state index contributed by atoms with van der Waals surface area (Å²) in [6.07, 6.45) is 13.8. The highest BCUT2D eigenvalue weighted by molar-refractivity contribution is 5.69. The molecule has 0 aliphatic heterocycles. The van der Waals surface area contributed by atoms with Crippen molar-refractivity contribution < 1.29 is 14.3 Å². The number of unbranched alkanes of at least 4 members (excludes halogenated alkanes) is 8. The van der Waals surface area contributed by atoms with E-state index in [-0.39, 0.29) is 12.1 Å². The Morgan fingerprint density at radius 2 is 1.27 bits per heavy atom. The van der Waals surface area contributed by atoms with Crippen LogP contribution in [0.3, 0.4) is 0 Å². The van der Waals surface area contributed by atoms with E-state index >= 15 is 0 Å². The number of ether oxygens (including phenoxy) is 2. The van der Waals surface area contributed by atoms with Crippen molar-refractivity contribution in [2.24, 2.45) is 0 Å². The number of carbonyl (C=O) groups is 1. The Morgan fingerprint density at radius 1 is 0.727 bits per heavy atom. The molecule has 0 saturated carbocycles. The molecule has 3 nitrogen and oxygen atoms in total. The molecular formula is C30H44O3. The number of benzene rings is 2. The number of rotatable bonds is 17. The molecule has 0 aliphatic rings. The van der Waals surface area contributed by atoms with E-state index in [9.17, 15) is 4.79 Å². The molecule has 0 N–H and O–H groups in total. The lowest BCUT2D eigenvalue weighted by Crippen LogP contribution is -2.21. The van der Waals surface area contributed by atoms with Gasteiger partial charge in [0, 0.05) is 6.42 Å². The van der Waals surface area contributed by atoms with Crippen LogP contribution in [-0.2, 0) is 16.0 Å². The largest absolute Gasteiger partial charge is 0.490 e. The lowest BCUT2D eigenvalue weighted by Gasteiger charge is -2.15. The fourth-order valence-electron chi connectivity index (χ4n) is 3.94. The van der Waals surface area contributed by atoms with E-state index in [1.807, 2.05) is 19.1 Å². The van der Waals surface area contributed by atoms with Gasteiger partial charge in [0.1, 0.15) is 18.5 Å². The molecule has 0 heterocycles. The molecule has 2 rings (SSSR count). The lowest BCUT2D eigenvalue weighted by atomic mass is 10.0. The molecule has 0 aliphatic carbocycles. The third kappa shape index (κ3) is 11.4. The van der Waals surface area contributed by atoms with E-state index in [1.54, 1.807) is 0 Å². The second kappa shape index (κ2) is 16.3. The Kier molecular flexibility index (Phi) is 13.4. The minimum absolute atomic E-state index is 0.127. The van der Waals surface area contributed by atoms with Gasteiger partial charge in [0.05, 0.1) is 0 Å². The van der Waals surface area contributed by atoms with Crippen molar-refractivity contribution in [3.05, 3.63) is 54.1 Å². The van der Waals surface area contributed by atoms with Crippen molar-refractivity contribution >= 4 is 5.97 Å². The van der Waals surface area contributed by atoms with Gasteiger partial charge in [-0.2, -0.15) is 0 Å². The summed E-state index contributed by atoms with van der Waals surface area (Å²) in [6.45, 7) is 6.68.